The van der Waals surface area contributed by atoms with Crippen LogP contribution in [-0.4, -0.2) is 19.3 Å². The third kappa shape index (κ3) is 5.21. The molecule has 1 heterocycles. The SMILES string of the molecule is CCCCOC1=CC(OCCCC)C=CN1. The monoisotopic (exact) mass is 225 g/mol. The Labute approximate surface area is 98.5 Å². The minimum absolute atomic E-state index is 0.0597. The highest BCUT2D eigenvalue weighted by molar-refractivity contribution is 5.12. The Morgan fingerprint density at radius 1 is 1.19 bits per heavy atom. The Morgan fingerprint density at radius 2 is 1.94 bits per heavy atom. The van der Waals surface area contributed by atoms with Crippen LogP contribution in [0.15, 0.2) is 24.2 Å². The topological polar surface area (TPSA) is 30.5 Å². The zero-order chi connectivity index (χ0) is 11.6. The Kier molecular flexibility index (Phi) is 6.74. The van der Waals surface area contributed by atoms with Gasteiger partial charge >= 0.3 is 0 Å². The van der Waals surface area contributed by atoms with Gasteiger partial charge in [-0.05, 0) is 18.9 Å². The summed E-state index contributed by atoms with van der Waals surface area (Å²) in [6.45, 7) is 5.90. The molecule has 1 aliphatic heterocycles. The van der Waals surface area contributed by atoms with E-state index in [1.165, 1.54) is 0 Å². The lowest BCUT2D eigenvalue weighted by atomic mass is 10.3. The molecule has 16 heavy (non-hydrogen) atoms. The average molecular weight is 225 g/mol. The van der Waals surface area contributed by atoms with E-state index in [1.807, 2.05) is 18.4 Å². The molecule has 0 saturated carbocycles. The summed E-state index contributed by atoms with van der Waals surface area (Å²) >= 11 is 0. The first-order valence-electron chi connectivity index (χ1n) is 6.26. The molecule has 3 heteroatoms. The number of unbranched alkanes of at least 4 members (excludes halogenated alkanes) is 2. The Balaban J connectivity index is 2.24. The third-order valence-corrected chi connectivity index (χ3v) is 2.39. The predicted molar refractivity (Wildman–Crippen MR) is 65.9 cm³/mol. The highest BCUT2D eigenvalue weighted by Gasteiger charge is 2.08. The summed E-state index contributed by atoms with van der Waals surface area (Å²) < 4.78 is 11.3. The molecule has 0 radical (unpaired) electrons. The number of rotatable bonds is 8. The van der Waals surface area contributed by atoms with Gasteiger partial charge in [0.25, 0.3) is 0 Å². The third-order valence-electron chi connectivity index (χ3n) is 2.39. The van der Waals surface area contributed by atoms with E-state index in [2.05, 4.69) is 19.2 Å². The lowest BCUT2D eigenvalue weighted by molar-refractivity contribution is 0.102. The molecule has 0 saturated heterocycles. The summed E-state index contributed by atoms with van der Waals surface area (Å²) in [6.07, 6.45) is 10.5. The van der Waals surface area contributed by atoms with Gasteiger partial charge in [0.2, 0.25) is 0 Å². The van der Waals surface area contributed by atoms with Crippen LogP contribution in [0.3, 0.4) is 0 Å². The second kappa shape index (κ2) is 8.22. The molecule has 1 aliphatic rings. The standard InChI is InChI=1S/C13H23NO2/c1-3-5-9-15-12-7-8-14-13(11-12)16-10-6-4-2/h7-8,11-12,14H,3-6,9-10H2,1-2H3. The molecule has 1 N–H and O–H groups in total. The average Bonchev–Trinajstić information content (AvgIpc) is 2.30. The van der Waals surface area contributed by atoms with Crippen LogP contribution in [-0.2, 0) is 9.47 Å². The Bertz CT molecular complexity index is 236. The van der Waals surface area contributed by atoms with E-state index in [4.69, 9.17) is 9.47 Å². The molecule has 0 bridgehead atoms. The summed E-state index contributed by atoms with van der Waals surface area (Å²) in [4.78, 5) is 0. The van der Waals surface area contributed by atoms with Crippen molar-refractivity contribution in [3.8, 4) is 0 Å². The minimum Gasteiger partial charge on any atom is -0.479 e. The van der Waals surface area contributed by atoms with Crippen molar-refractivity contribution in [2.75, 3.05) is 13.2 Å². The number of hydrogen-bond acceptors (Lipinski definition) is 3. The van der Waals surface area contributed by atoms with Gasteiger partial charge < -0.3 is 14.8 Å². The molecule has 1 unspecified atom stereocenters. The van der Waals surface area contributed by atoms with Crippen LogP contribution in [0.1, 0.15) is 39.5 Å². The van der Waals surface area contributed by atoms with Gasteiger partial charge in [-0.2, -0.15) is 0 Å². The van der Waals surface area contributed by atoms with Gasteiger partial charge in [-0.3, -0.25) is 0 Å². The van der Waals surface area contributed by atoms with Gasteiger partial charge in [0.05, 0.1) is 6.61 Å². The van der Waals surface area contributed by atoms with Crippen LogP contribution in [0, 0.1) is 0 Å². The van der Waals surface area contributed by atoms with Gasteiger partial charge in [-0.15, -0.1) is 0 Å². The van der Waals surface area contributed by atoms with Crippen molar-refractivity contribution < 1.29 is 9.47 Å². The highest BCUT2D eigenvalue weighted by atomic mass is 16.5. The highest BCUT2D eigenvalue weighted by Crippen LogP contribution is 2.08. The van der Waals surface area contributed by atoms with Crippen molar-refractivity contribution in [2.24, 2.45) is 0 Å². The van der Waals surface area contributed by atoms with Crippen LogP contribution in [0.25, 0.3) is 0 Å². The smallest absolute Gasteiger partial charge is 0.189 e. The molecule has 0 fully saturated rings. The van der Waals surface area contributed by atoms with Crippen LogP contribution >= 0.6 is 0 Å². The quantitative estimate of drug-likeness (QED) is 0.644. The predicted octanol–water partition coefficient (Wildman–Crippen LogP) is 2.95. The molecular formula is C13H23NO2. The summed E-state index contributed by atoms with van der Waals surface area (Å²) in [5, 5.41) is 3.08. The Hall–Kier alpha value is -0.960. The van der Waals surface area contributed by atoms with Gasteiger partial charge in [-0.1, -0.05) is 26.7 Å². The van der Waals surface area contributed by atoms with Crippen molar-refractivity contribution >= 4 is 0 Å². The fraction of sp³-hybridized carbons (Fsp3) is 0.692. The van der Waals surface area contributed by atoms with Gasteiger partial charge in [0.1, 0.15) is 6.10 Å². The normalized spacial score (nSPS) is 19.1. The van der Waals surface area contributed by atoms with E-state index < -0.39 is 0 Å². The molecule has 1 atom stereocenters. The second-order valence-corrected chi connectivity index (χ2v) is 3.93. The minimum atomic E-state index is 0.0597. The molecular weight excluding hydrogens is 202 g/mol. The molecule has 0 spiro atoms. The van der Waals surface area contributed by atoms with Crippen molar-refractivity contribution in [3.63, 3.8) is 0 Å². The van der Waals surface area contributed by atoms with E-state index >= 15 is 0 Å². The molecule has 0 aromatic carbocycles. The van der Waals surface area contributed by atoms with E-state index in [0.29, 0.717) is 0 Å². The summed E-state index contributed by atoms with van der Waals surface area (Å²) in [7, 11) is 0. The molecule has 0 aromatic heterocycles. The first kappa shape index (κ1) is 13.1. The number of dihydropyridines is 1. The van der Waals surface area contributed by atoms with E-state index in [9.17, 15) is 0 Å². The summed E-state index contributed by atoms with van der Waals surface area (Å²) in [5.41, 5.74) is 0. The van der Waals surface area contributed by atoms with Gasteiger partial charge in [0, 0.05) is 18.9 Å². The van der Waals surface area contributed by atoms with Gasteiger partial charge in [-0.25, -0.2) is 0 Å². The van der Waals surface area contributed by atoms with Crippen LogP contribution in [0.2, 0.25) is 0 Å². The van der Waals surface area contributed by atoms with Crippen molar-refractivity contribution in [1.29, 1.82) is 0 Å². The maximum absolute atomic E-state index is 5.68. The van der Waals surface area contributed by atoms with Gasteiger partial charge in [0.15, 0.2) is 5.88 Å². The second-order valence-electron chi connectivity index (χ2n) is 3.93. The van der Waals surface area contributed by atoms with Crippen LogP contribution in [0.5, 0.6) is 0 Å². The lowest BCUT2D eigenvalue weighted by Crippen LogP contribution is -2.20. The van der Waals surface area contributed by atoms with Crippen LogP contribution in [0.4, 0.5) is 0 Å². The number of nitrogens with one attached hydrogen (secondary N) is 1. The van der Waals surface area contributed by atoms with E-state index in [1.54, 1.807) is 0 Å². The molecule has 3 nitrogen and oxygen atoms in total. The lowest BCUT2D eigenvalue weighted by Gasteiger charge is -2.18. The first-order chi connectivity index (χ1) is 7.86. The molecule has 0 aliphatic carbocycles. The Morgan fingerprint density at radius 3 is 2.69 bits per heavy atom. The number of ether oxygens (including phenoxy) is 2. The molecule has 0 aromatic rings. The van der Waals surface area contributed by atoms with Crippen molar-refractivity contribution in [1.82, 2.24) is 5.32 Å². The molecule has 92 valence electrons. The van der Waals surface area contributed by atoms with Crippen molar-refractivity contribution in [3.05, 3.63) is 24.2 Å². The fourth-order valence-electron chi connectivity index (χ4n) is 1.36. The number of hydrogen-bond donors (Lipinski definition) is 1. The maximum Gasteiger partial charge on any atom is 0.189 e. The maximum atomic E-state index is 5.68. The zero-order valence-electron chi connectivity index (χ0n) is 10.4. The first-order valence-corrected chi connectivity index (χ1v) is 6.26. The van der Waals surface area contributed by atoms with E-state index in [0.717, 1.165) is 44.8 Å². The summed E-state index contributed by atoms with van der Waals surface area (Å²) in [5.74, 6) is 0.817. The summed E-state index contributed by atoms with van der Waals surface area (Å²) in [6, 6.07) is 0. The molecule has 0 amide bonds. The van der Waals surface area contributed by atoms with E-state index in [-0.39, 0.29) is 6.10 Å². The molecule has 1 rings (SSSR count). The fourth-order valence-corrected chi connectivity index (χ4v) is 1.36. The zero-order valence-corrected chi connectivity index (χ0v) is 10.4. The van der Waals surface area contributed by atoms with Crippen molar-refractivity contribution in [2.45, 2.75) is 45.6 Å². The largest absolute Gasteiger partial charge is 0.479 e. The van der Waals surface area contributed by atoms with Crippen LogP contribution < -0.4 is 5.32 Å².